The number of thiophene rings is 1. The molecule has 2 rings (SSSR count). The van der Waals surface area contributed by atoms with Crippen molar-refractivity contribution in [2.45, 2.75) is 25.9 Å². The Morgan fingerprint density at radius 2 is 2.32 bits per heavy atom. The summed E-state index contributed by atoms with van der Waals surface area (Å²) in [7, 11) is 0. The smallest absolute Gasteiger partial charge is 0.326 e. The largest absolute Gasteiger partial charge is 0.480 e. The van der Waals surface area contributed by atoms with Gasteiger partial charge in [0.05, 0.1) is 11.7 Å². The van der Waals surface area contributed by atoms with Gasteiger partial charge in [0.2, 0.25) is 5.91 Å². The number of allylic oxidation sites excluding steroid dienone is 1. The van der Waals surface area contributed by atoms with Crippen LogP contribution in [0.2, 0.25) is 0 Å². The average Bonchev–Trinajstić information content (AvgIpc) is 2.95. The van der Waals surface area contributed by atoms with Gasteiger partial charge in [-0.2, -0.15) is 0 Å². The average molecular weight is 321 g/mol. The molecule has 2 heterocycles. The first kappa shape index (κ1) is 15.9. The molecule has 2 aromatic rings. The van der Waals surface area contributed by atoms with E-state index in [0.717, 1.165) is 0 Å². The Labute approximate surface area is 129 Å². The van der Waals surface area contributed by atoms with E-state index in [4.69, 9.17) is 5.11 Å². The third-order valence-electron chi connectivity index (χ3n) is 3.01. The van der Waals surface area contributed by atoms with Gasteiger partial charge in [-0.3, -0.25) is 14.2 Å². The summed E-state index contributed by atoms with van der Waals surface area (Å²) in [6.45, 7) is 1.50. The lowest BCUT2D eigenvalue weighted by molar-refractivity contribution is -0.141. The van der Waals surface area contributed by atoms with E-state index in [1.165, 1.54) is 22.2 Å². The topological polar surface area (TPSA) is 101 Å². The molecule has 0 saturated heterocycles. The van der Waals surface area contributed by atoms with Gasteiger partial charge < -0.3 is 10.4 Å². The van der Waals surface area contributed by atoms with Crippen LogP contribution < -0.4 is 10.9 Å². The van der Waals surface area contributed by atoms with E-state index in [1.807, 2.05) is 0 Å². The number of carbonyl (C=O) groups excluding carboxylic acids is 1. The van der Waals surface area contributed by atoms with Crippen molar-refractivity contribution in [2.24, 2.45) is 0 Å². The predicted octanol–water partition coefficient (Wildman–Crippen LogP) is 0.994. The first-order valence-electron chi connectivity index (χ1n) is 6.59. The van der Waals surface area contributed by atoms with Gasteiger partial charge in [-0.15, -0.1) is 11.3 Å². The van der Waals surface area contributed by atoms with Crippen LogP contribution in [0.3, 0.4) is 0 Å². The highest BCUT2D eigenvalue weighted by atomic mass is 32.1. The molecule has 2 aromatic heterocycles. The van der Waals surface area contributed by atoms with Gasteiger partial charge in [-0.05, 0) is 24.8 Å². The van der Waals surface area contributed by atoms with Crippen LogP contribution in [0.1, 0.15) is 13.3 Å². The fourth-order valence-electron chi connectivity index (χ4n) is 1.89. The van der Waals surface area contributed by atoms with Gasteiger partial charge in [0.25, 0.3) is 5.56 Å². The standard InChI is InChI=1S/C14H15N3O4S/c1-2-3-4-10(14(20)21)16-11(18)7-17-8-15-12-9(13(17)19)5-6-22-12/h2-3,5-6,8,10H,4,7H2,1H3,(H,16,18)(H,20,21)/b3-2+. The molecule has 2 N–H and O–H groups in total. The molecule has 1 amide bonds. The van der Waals surface area contributed by atoms with Crippen molar-refractivity contribution in [2.75, 3.05) is 0 Å². The summed E-state index contributed by atoms with van der Waals surface area (Å²) < 4.78 is 1.17. The molecule has 0 bridgehead atoms. The molecule has 1 unspecified atom stereocenters. The van der Waals surface area contributed by atoms with Crippen LogP contribution >= 0.6 is 11.3 Å². The van der Waals surface area contributed by atoms with E-state index < -0.39 is 17.9 Å². The fraction of sp³-hybridized carbons (Fsp3) is 0.286. The van der Waals surface area contributed by atoms with Gasteiger partial charge >= 0.3 is 5.97 Å². The van der Waals surface area contributed by atoms with E-state index in [1.54, 1.807) is 30.5 Å². The van der Waals surface area contributed by atoms with E-state index in [2.05, 4.69) is 10.3 Å². The van der Waals surface area contributed by atoms with Crippen molar-refractivity contribution in [3.8, 4) is 0 Å². The van der Waals surface area contributed by atoms with E-state index in [0.29, 0.717) is 10.2 Å². The summed E-state index contributed by atoms with van der Waals surface area (Å²) in [6, 6.07) is 0.632. The van der Waals surface area contributed by atoms with Crippen LogP contribution in [-0.4, -0.2) is 32.6 Å². The lowest BCUT2D eigenvalue weighted by atomic mass is 10.2. The van der Waals surface area contributed by atoms with E-state index >= 15 is 0 Å². The molecule has 1 atom stereocenters. The highest BCUT2D eigenvalue weighted by Crippen LogP contribution is 2.13. The Hall–Kier alpha value is -2.48. The summed E-state index contributed by atoms with van der Waals surface area (Å²) in [6.07, 6.45) is 4.85. The predicted molar refractivity (Wildman–Crippen MR) is 82.9 cm³/mol. The summed E-state index contributed by atoms with van der Waals surface area (Å²) in [5.74, 6) is -1.67. The third kappa shape index (κ3) is 3.59. The van der Waals surface area contributed by atoms with Crippen LogP contribution in [0.25, 0.3) is 10.2 Å². The number of carboxylic acids is 1. The zero-order valence-electron chi connectivity index (χ0n) is 11.9. The number of carboxylic acid groups (broad SMARTS) is 1. The zero-order chi connectivity index (χ0) is 16.1. The van der Waals surface area contributed by atoms with Crippen molar-refractivity contribution < 1.29 is 14.7 Å². The third-order valence-corrected chi connectivity index (χ3v) is 3.83. The molecule has 0 radical (unpaired) electrons. The normalized spacial score (nSPS) is 12.6. The molecular weight excluding hydrogens is 306 g/mol. The minimum atomic E-state index is -1.12. The van der Waals surface area contributed by atoms with E-state index in [-0.39, 0.29) is 18.5 Å². The second-order valence-electron chi connectivity index (χ2n) is 4.58. The summed E-state index contributed by atoms with van der Waals surface area (Å²) in [5.41, 5.74) is -0.318. The number of aliphatic carboxylic acids is 1. The SMILES string of the molecule is C/C=C/CC(NC(=O)Cn1cnc2sccc2c1=O)C(=O)O. The molecule has 0 saturated carbocycles. The molecule has 0 aliphatic carbocycles. The Kier molecular flexibility index (Phi) is 5.05. The number of amides is 1. The number of carbonyl (C=O) groups is 2. The van der Waals surface area contributed by atoms with E-state index in [9.17, 15) is 14.4 Å². The lowest BCUT2D eigenvalue weighted by Gasteiger charge is -2.13. The Morgan fingerprint density at radius 1 is 1.55 bits per heavy atom. The maximum absolute atomic E-state index is 12.1. The monoisotopic (exact) mass is 321 g/mol. The molecule has 8 heteroatoms. The van der Waals surface area contributed by atoms with Crippen molar-refractivity contribution in [3.05, 3.63) is 40.3 Å². The highest BCUT2D eigenvalue weighted by molar-refractivity contribution is 7.16. The fourth-order valence-corrected chi connectivity index (χ4v) is 2.62. The maximum Gasteiger partial charge on any atom is 0.326 e. The van der Waals surface area contributed by atoms with Gasteiger partial charge in [0.15, 0.2) is 0 Å². The van der Waals surface area contributed by atoms with Gasteiger partial charge in [-0.1, -0.05) is 12.2 Å². The number of rotatable bonds is 6. The van der Waals surface area contributed by atoms with Crippen LogP contribution in [-0.2, 0) is 16.1 Å². The molecule has 22 heavy (non-hydrogen) atoms. The molecule has 0 fully saturated rings. The number of nitrogens with zero attached hydrogens (tertiary/aromatic N) is 2. The number of hydrogen-bond donors (Lipinski definition) is 2. The number of fused-ring (bicyclic) bond motifs is 1. The van der Waals surface area contributed by atoms with Crippen LogP contribution in [0.15, 0.2) is 34.7 Å². The molecular formula is C14H15N3O4S. The minimum absolute atomic E-state index is 0.189. The molecule has 0 aliphatic rings. The quantitative estimate of drug-likeness (QED) is 0.773. The summed E-state index contributed by atoms with van der Waals surface area (Å²) >= 11 is 1.34. The first-order valence-corrected chi connectivity index (χ1v) is 7.47. The Bertz CT molecular complexity index is 778. The molecule has 0 aromatic carbocycles. The highest BCUT2D eigenvalue weighted by Gasteiger charge is 2.19. The maximum atomic E-state index is 12.1. The number of nitrogens with one attached hydrogen (secondary N) is 1. The van der Waals surface area contributed by atoms with Crippen LogP contribution in [0, 0.1) is 0 Å². The van der Waals surface area contributed by atoms with Crippen molar-refractivity contribution >= 4 is 33.4 Å². The van der Waals surface area contributed by atoms with Crippen molar-refractivity contribution in [3.63, 3.8) is 0 Å². The molecule has 116 valence electrons. The van der Waals surface area contributed by atoms with Gasteiger partial charge in [0.1, 0.15) is 17.4 Å². The van der Waals surface area contributed by atoms with Gasteiger partial charge in [0, 0.05) is 0 Å². The van der Waals surface area contributed by atoms with Crippen LogP contribution in [0.5, 0.6) is 0 Å². The van der Waals surface area contributed by atoms with Crippen molar-refractivity contribution in [1.29, 1.82) is 0 Å². The minimum Gasteiger partial charge on any atom is -0.480 e. The molecule has 7 nitrogen and oxygen atoms in total. The second kappa shape index (κ2) is 6.99. The zero-order valence-corrected chi connectivity index (χ0v) is 12.7. The summed E-state index contributed by atoms with van der Waals surface area (Å²) in [5, 5.41) is 13.6. The van der Waals surface area contributed by atoms with Crippen LogP contribution in [0.4, 0.5) is 0 Å². The molecule has 0 aliphatic heterocycles. The Morgan fingerprint density at radius 3 is 3.00 bits per heavy atom. The first-order chi connectivity index (χ1) is 10.5. The lowest BCUT2D eigenvalue weighted by Crippen LogP contribution is -2.43. The number of hydrogen-bond acceptors (Lipinski definition) is 5. The molecule has 0 spiro atoms. The summed E-state index contributed by atoms with van der Waals surface area (Å²) in [4.78, 5) is 39.8. The van der Waals surface area contributed by atoms with Gasteiger partial charge in [-0.25, -0.2) is 9.78 Å². The number of aromatic nitrogens is 2. The van der Waals surface area contributed by atoms with Crippen molar-refractivity contribution in [1.82, 2.24) is 14.9 Å². The Balaban J connectivity index is 2.11. The second-order valence-corrected chi connectivity index (χ2v) is 5.47.